The molecule has 3 nitrogen and oxygen atoms in total. The summed E-state index contributed by atoms with van der Waals surface area (Å²) in [5.41, 5.74) is 9.38. The summed E-state index contributed by atoms with van der Waals surface area (Å²) >= 11 is 0. The lowest BCUT2D eigenvalue weighted by Crippen LogP contribution is -2.08. The normalized spacial score (nSPS) is 12.7. The van der Waals surface area contributed by atoms with Crippen LogP contribution in [0.3, 0.4) is 0 Å². The lowest BCUT2D eigenvalue weighted by atomic mass is 10.1. The summed E-state index contributed by atoms with van der Waals surface area (Å²) in [6, 6.07) is 16.6. The van der Waals surface area contributed by atoms with E-state index < -0.39 is 0 Å². The molecule has 0 amide bonds. The first-order valence-corrected chi connectivity index (χ1v) is 6.58. The third-order valence-corrected chi connectivity index (χ3v) is 3.48. The summed E-state index contributed by atoms with van der Waals surface area (Å²) in [5.74, 6) is 0. The number of fused-ring (bicyclic) bond motifs is 1. The number of hydrogen-bond donors (Lipinski definition) is 1. The number of hydrogen-bond acceptors (Lipinski definition) is 2. The van der Waals surface area contributed by atoms with Gasteiger partial charge in [0.15, 0.2) is 0 Å². The first-order valence-electron chi connectivity index (χ1n) is 6.58. The van der Waals surface area contributed by atoms with Gasteiger partial charge >= 0.3 is 0 Å². The Labute approximate surface area is 112 Å². The zero-order chi connectivity index (χ0) is 13.2. The minimum absolute atomic E-state index is 0.114. The zero-order valence-electron chi connectivity index (χ0n) is 11.0. The molecular formula is C16H17N3. The van der Waals surface area contributed by atoms with E-state index in [2.05, 4.69) is 48.4 Å². The molecule has 3 heteroatoms. The van der Waals surface area contributed by atoms with Crippen molar-refractivity contribution in [2.75, 3.05) is 0 Å². The molecule has 1 aromatic heterocycles. The maximum Gasteiger partial charge on any atom is 0.0741 e. The van der Waals surface area contributed by atoms with Gasteiger partial charge in [-0.25, -0.2) is 4.68 Å². The summed E-state index contributed by atoms with van der Waals surface area (Å²) < 4.78 is 1.95. The lowest BCUT2D eigenvalue weighted by Gasteiger charge is -2.10. The van der Waals surface area contributed by atoms with Crippen LogP contribution < -0.4 is 5.73 Å². The van der Waals surface area contributed by atoms with Crippen LogP contribution in [0.5, 0.6) is 0 Å². The summed E-state index contributed by atoms with van der Waals surface area (Å²) in [4.78, 5) is 0. The van der Waals surface area contributed by atoms with Crippen molar-refractivity contribution < 1.29 is 0 Å². The predicted octanol–water partition coefficient (Wildman–Crippen LogP) is 3.44. The van der Waals surface area contributed by atoms with E-state index >= 15 is 0 Å². The Bertz CT molecular complexity index is 683. The highest BCUT2D eigenvalue weighted by atomic mass is 15.3. The fourth-order valence-corrected chi connectivity index (χ4v) is 2.28. The SMILES string of the molecule is CC[C@H](N)c1ccc(-n2ncc3ccccc32)cc1. The van der Waals surface area contributed by atoms with Crippen molar-refractivity contribution in [3.63, 3.8) is 0 Å². The minimum Gasteiger partial charge on any atom is -0.324 e. The Morgan fingerprint density at radius 3 is 2.58 bits per heavy atom. The fourth-order valence-electron chi connectivity index (χ4n) is 2.28. The average Bonchev–Trinajstić information content (AvgIpc) is 2.90. The standard InChI is InChI=1S/C16H17N3/c1-2-15(17)12-7-9-14(10-8-12)19-16-6-4-3-5-13(16)11-18-19/h3-11,15H,2,17H2,1H3/t15-/m0/s1. The Balaban J connectivity index is 2.02. The van der Waals surface area contributed by atoms with Crippen LogP contribution in [-0.2, 0) is 0 Å². The molecule has 0 spiro atoms. The summed E-state index contributed by atoms with van der Waals surface area (Å²) in [6.07, 6.45) is 2.84. The van der Waals surface area contributed by atoms with Crippen LogP contribution in [0.15, 0.2) is 54.7 Å². The van der Waals surface area contributed by atoms with Gasteiger partial charge in [-0.15, -0.1) is 0 Å². The largest absolute Gasteiger partial charge is 0.324 e. The third-order valence-electron chi connectivity index (χ3n) is 3.48. The zero-order valence-corrected chi connectivity index (χ0v) is 11.0. The van der Waals surface area contributed by atoms with E-state index in [0.717, 1.165) is 23.0 Å². The number of nitrogens with two attached hydrogens (primary N) is 1. The third kappa shape index (κ3) is 2.13. The monoisotopic (exact) mass is 251 g/mol. The highest BCUT2D eigenvalue weighted by Gasteiger charge is 2.06. The quantitative estimate of drug-likeness (QED) is 0.775. The van der Waals surface area contributed by atoms with E-state index in [9.17, 15) is 0 Å². The van der Waals surface area contributed by atoms with Gasteiger partial charge in [-0.2, -0.15) is 5.10 Å². The number of nitrogens with zero attached hydrogens (tertiary/aromatic N) is 2. The van der Waals surface area contributed by atoms with Crippen LogP contribution >= 0.6 is 0 Å². The number of rotatable bonds is 3. The summed E-state index contributed by atoms with van der Waals surface area (Å²) in [5, 5.41) is 5.60. The van der Waals surface area contributed by atoms with Crippen molar-refractivity contribution in [3.05, 3.63) is 60.3 Å². The van der Waals surface area contributed by atoms with Crippen molar-refractivity contribution in [3.8, 4) is 5.69 Å². The molecule has 0 saturated heterocycles. The highest BCUT2D eigenvalue weighted by Crippen LogP contribution is 2.20. The van der Waals surface area contributed by atoms with Gasteiger partial charge in [0.2, 0.25) is 0 Å². The molecule has 0 aliphatic heterocycles. The molecule has 0 fully saturated rings. The van der Waals surface area contributed by atoms with Crippen LogP contribution in [-0.4, -0.2) is 9.78 Å². The average molecular weight is 251 g/mol. The molecule has 2 N–H and O–H groups in total. The second-order valence-corrected chi connectivity index (χ2v) is 4.72. The molecule has 0 radical (unpaired) electrons. The van der Waals surface area contributed by atoms with E-state index in [1.54, 1.807) is 0 Å². The van der Waals surface area contributed by atoms with E-state index in [1.165, 1.54) is 5.56 Å². The van der Waals surface area contributed by atoms with Gasteiger partial charge in [0.1, 0.15) is 0 Å². The van der Waals surface area contributed by atoms with Gasteiger partial charge < -0.3 is 5.73 Å². The molecule has 0 bridgehead atoms. The van der Waals surface area contributed by atoms with Gasteiger partial charge in [-0.3, -0.25) is 0 Å². The molecule has 3 rings (SSSR count). The molecule has 0 saturated carbocycles. The number of aromatic nitrogens is 2. The second kappa shape index (κ2) is 4.86. The van der Waals surface area contributed by atoms with Crippen molar-refractivity contribution in [2.45, 2.75) is 19.4 Å². The van der Waals surface area contributed by atoms with Gasteiger partial charge in [0, 0.05) is 11.4 Å². The molecule has 19 heavy (non-hydrogen) atoms. The Hall–Kier alpha value is -2.13. The highest BCUT2D eigenvalue weighted by molar-refractivity contribution is 5.80. The molecule has 0 aliphatic carbocycles. The first kappa shape index (κ1) is 11.9. The number of benzene rings is 2. The number of para-hydroxylation sites is 1. The first-order chi connectivity index (χ1) is 9.29. The Kier molecular flexibility index (Phi) is 3.05. The summed E-state index contributed by atoms with van der Waals surface area (Å²) in [7, 11) is 0. The van der Waals surface area contributed by atoms with Crippen molar-refractivity contribution >= 4 is 10.9 Å². The molecule has 1 heterocycles. The molecule has 0 unspecified atom stereocenters. The minimum atomic E-state index is 0.114. The maximum atomic E-state index is 6.03. The van der Waals surface area contributed by atoms with E-state index in [4.69, 9.17) is 5.73 Å². The smallest absolute Gasteiger partial charge is 0.0741 e. The molecule has 1 atom stereocenters. The molecular weight excluding hydrogens is 234 g/mol. The van der Waals surface area contributed by atoms with Crippen molar-refractivity contribution in [1.29, 1.82) is 0 Å². The van der Waals surface area contributed by atoms with Crippen LogP contribution in [0.25, 0.3) is 16.6 Å². The lowest BCUT2D eigenvalue weighted by molar-refractivity contribution is 0.698. The van der Waals surface area contributed by atoms with E-state index in [-0.39, 0.29) is 6.04 Å². The molecule has 3 aromatic rings. The van der Waals surface area contributed by atoms with Crippen molar-refractivity contribution in [2.24, 2.45) is 5.73 Å². The van der Waals surface area contributed by atoms with E-state index in [0.29, 0.717) is 0 Å². The molecule has 2 aromatic carbocycles. The van der Waals surface area contributed by atoms with E-state index in [1.807, 2.05) is 23.0 Å². The van der Waals surface area contributed by atoms with Gasteiger partial charge in [-0.1, -0.05) is 37.3 Å². The van der Waals surface area contributed by atoms with Crippen LogP contribution in [0.4, 0.5) is 0 Å². The Morgan fingerprint density at radius 2 is 1.84 bits per heavy atom. The van der Waals surface area contributed by atoms with Crippen LogP contribution in [0.2, 0.25) is 0 Å². The molecule has 96 valence electrons. The van der Waals surface area contributed by atoms with Gasteiger partial charge in [0.25, 0.3) is 0 Å². The fraction of sp³-hybridized carbons (Fsp3) is 0.188. The molecule has 0 aliphatic rings. The van der Waals surface area contributed by atoms with Crippen LogP contribution in [0.1, 0.15) is 24.9 Å². The topological polar surface area (TPSA) is 43.8 Å². The maximum absolute atomic E-state index is 6.03. The summed E-state index contributed by atoms with van der Waals surface area (Å²) in [6.45, 7) is 2.10. The Morgan fingerprint density at radius 1 is 1.11 bits per heavy atom. The predicted molar refractivity (Wildman–Crippen MR) is 78.3 cm³/mol. The second-order valence-electron chi connectivity index (χ2n) is 4.72. The van der Waals surface area contributed by atoms with Crippen molar-refractivity contribution in [1.82, 2.24) is 9.78 Å². The van der Waals surface area contributed by atoms with Gasteiger partial charge in [0.05, 0.1) is 17.4 Å². The van der Waals surface area contributed by atoms with Crippen LogP contribution in [0, 0.1) is 0 Å². The van der Waals surface area contributed by atoms with Gasteiger partial charge in [-0.05, 0) is 30.2 Å².